The molecule has 0 unspecified atom stereocenters. The zero-order valence-electron chi connectivity index (χ0n) is 14.8. The maximum absolute atomic E-state index is 11.3. The van der Waals surface area contributed by atoms with Crippen molar-refractivity contribution in [3.8, 4) is 0 Å². The average Bonchev–Trinajstić information content (AvgIpc) is 2.64. The molecule has 5 N–H and O–H groups in total. The quantitative estimate of drug-likeness (QED) is 0.729. The molecule has 0 radical (unpaired) electrons. The van der Waals surface area contributed by atoms with E-state index in [-0.39, 0.29) is 17.9 Å². The molecular weight excluding hydrogens is 320 g/mol. The molecule has 0 bridgehead atoms. The first-order valence-corrected chi connectivity index (χ1v) is 9.03. The van der Waals surface area contributed by atoms with Crippen molar-refractivity contribution < 1.29 is 9.53 Å². The van der Waals surface area contributed by atoms with Gasteiger partial charge in [-0.1, -0.05) is 0 Å². The number of ether oxygens (including phenoxy) is 1. The van der Waals surface area contributed by atoms with Crippen molar-refractivity contribution in [2.75, 3.05) is 36.2 Å². The molecule has 1 aliphatic heterocycles. The maximum atomic E-state index is 11.3. The second kappa shape index (κ2) is 7.86. The standard InChI is InChI=1S/C17H28N6O2/c1-23(13-6-8-25-9-7-13)17-20-10-14(18)16(22-17)21-12-4-2-11(3-5-12)15(19)24/h10-13H,2-9,18H2,1H3,(H2,19,24)(H,20,21,22). The molecule has 2 aliphatic rings. The summed E-state index contributed by atoms with van der Waals surface area (Å²) < 4.78 is 5.42. The van der Waals surface area contributed by atoms with E-state index < -0.39 is 0 Å². The maximum Gasteiger partial charge on any atom is 0.227 e. The molecule has 2 fully saturated rings. The molecule has 1 saturated carbocycles. The van der Waals surface area contributed by atoms with Crippen LogP contribution < -0.4 is 21.7 Å². The van der Waals surface area contributed by atoms with E-state index in [2.05, 4.69) is 20.2 Å². The third-order valence-corrected chi connectivity index (χ3v) is 5.33. The Hall–Kier alpha value is -2.09. The van der Waals surface area contributed by atoms with Crippen LogP contribution in [0.3, 0.4) is 0 Å². The van der Waals surface area contributed by atoms with E-state index in [9.17, 15) is 4.79 Å². The highest BCUT2D eigenvalue weighted by Crippen LogP contribution is 2.28. The molecule has 8 heteroatoms. The van der Waals surface area contributed by atoms with Gasteiger partial charge in [0.2, 0.25) is 11.9 Å². The summed E-state index contributed by atoms with van der Waals surface area (Å²) in [5.74, 6) is 1.15. The minimum Gasteiger partial charge on any atom is -0.394 e. The Morgan fingerprint density at radius 2 is 1.92 bits per heavy atom. The number of carbonyl (C=O) groups is 1. The molecule has 1 aromatic heterocycles. The van der Waals surface area contributed by atoms with Gasteiger partial charge in [-0.2, -0.15) is 4.98 Å². The minimum atomic E-state index is -0.194. The van der Waals surface area contributed by atoms with Crippen LogP contribution in [0.15, 0.2) is 6.20 Å². The number of aromatic nitrogens is 2. The van der Waals surface area contributed by atoms with E-state index in [1.165, 1.54) is 0 Å². The van der Waals surface area contributed by atoms with E-state index in [4.69, 9.17) is 16.2 Å². The van der Waals surface area contributed by atoms with Gasteiger partial charge < -0.3 is 26.4 Å². The van der Waals surface area contributed by atoms with Crippen LogP contribution in [-0.2, 0) is 9.53 Å². The number of nitrogens with zero attached hydrogens (tertiary/aromatic N) is 3. The van der Waals surface area contributed by atoms with Gasteiger partial charge in [0.1, 0.15) is 0 Å². The number of nitrogens with two attached hydrogens (primary N) is 2. The highest BCUT2D eigenvalue weighted by atomic mass is 16.5. The van der Waals surface area contributed by atoms with Crippen molar-refractivity contribution in [2.24, 2.45) is 11.7 Å². The number of hydrogen-bond donors (Lipinski definition) is 3. The first-order valence-electron chi connectivity index (χ1n) is 9.03. The fourth-order valence-corrected chi connectivity index (χ4v) is 3.62. The van der Waals surface area contributed by atoms with Crippen molar-refractivity contribution in [1.29, 1.82) is 0 Å². The fraction of sp³-hybridized carbons (Fsp3) is 0.706. The smallest absolute Gasteiger partial charge is 0.227 e. The van der Waals surface area contributed by atoms with Gasteiger partial charge >= 0.3 is 0 Å². The van der Waals surface area contributed by atoms with Crippen LogP contribution in [0.2, 0.25) is 0 Å². The SMILES string of the molecule is CN(c1ncc(N)c(NC2CCC(C(N)=O)CC2)n1)C1CCOCC1. The zero-order chi connectivity index (χ0) is 17.8. The molecule has 138 valence electrons. The van der Waals surface area contributed by atoms with Crippen LogP contribution in [0.25, 0.3) is 0 Å². The van der Waals surface area contributed by atoms with Gasteiger partial charge in [0.25, 0.3) is 0 Å². The monoisotopic (exact) mass is 348 g/mol. The molecule has 0 aromatic carbocycles. The molecular formula is C17H28N6O2. The summed E-state index contributed by atoms with van der Waals surface area (Å²) in [6, 6.07) is 0.644. The molecule has 0 atom stereocenters. The minimum absolute atomic E-state index is 0.00369. The van der Waals surface area contributed by atoms with Crippen LogP contribution in [0.1, 0.15) is 38.5 Å². The lowest BCUT2D eigenvalue weighted by Gasteiger charge is -2.32. The van der Waals surface area contributed by atoms with E-state index in [1.54, 1.807) is 6.20 Å². The van der Waals surface area contributed by atoms with Crippen molar-refractivity contribution in [3.05, 3.63) is 6.20 Å². The number of anilines is 3. The molecule has 1 aromatic rings. The molecule has 1 saturated heterocycles. The van der Waals surface area contributed by atoms with Gasteiger partial charge in [0.05, 0.1) is 11.9 Å². The first kappa shape index (κ1) is 17.7. The highest BCUT2D eigenvalue weighted by Gasteiger charge is 2.26. The fourth-order valence-electron chi connectivity index (χ4n) is 3.62. The summed E-state index contributed by atoms with van der Waals surface area (Å²) in [7, 11) is 2.02. The van der Waals surface area contributed by atoms with Crippen molar-refractivity contribution in [2.45, 2.75) is 50.6 Å². The number of rotatable bonds is 5. The number of carbonyl (C=O) groups excluding carboxylic acids is 1. The van der Waals surface area contributed by atoms with Gasteiger partial charge in [-0.3, -0.25) is 4.79 Å². The molecule has 2 heterocycles. The number of hydrogen-bond acceptors (Lipinski definition) is 7. The Kier molecular flexibility index (Phi) is 5.57. The normalized spacial score (nSPS) is 24.7. The highest BCUT2D eigenvalue weighted by molar-refractivity contribution is 5.76. The second-order valence-corrected chi connectivity index (χ2v) is 7.02. The molecule has 25 heavy (non-hydrogen) atoms. The number of nitrogens with one attached hydrogen (secondary N) is 1. The molecule has 1 amide bonds. The zero-order valence-corrected chi connectivity index (χ0v) is 14.8. The summed E-state index contributed by atoms with van der Waals surface area (Å²) in [5, 5.41) is 3.43. The lowest BCUT2D eigenvalue weighted by Crippen LogP contribution is -2.38. The van der Waals surface area contributed by atoms with Crippen LogP contribution >= 0.6 is 0 Å². The van der Waals surface area contributed by atoms with E-state index in [0.717, 1.165) is 51.7 Å². The predicted octanol–water partition coefficient (Wildman–Crippen LogP) is 1.13. The Bertz CT molecular complexity index is 597. The van der Waals surface area contributed by atoms with E-state index >= 15 is 0 Å². The van der Waals surface area contributed by atoms with Crippen LogP contribution in [0, 0.1) is 5.92 Å². The largest absolute Gasteiger partial charge is 0.394 e. The summed E-state index contributed by atoms with van der Waals surface area (Å²) in [6.07, 6.45) is 7.02. The van der Waals surface area contributed by atoms with E-state index in [0.29, 0.717) is 23.5 Å². The Morgan fingerprint density at radius 1 is 1.24 bits per heavy atom. The Labute approximate surface area is 148 Å². The number of nitrogen functional groups attached to an aromatic ring is 1. The third-order valence-electron chi connectivity index (χ3n) is 5.33. The van der Waals surface area contributed by atoms with Crippen LogP contribution in [-0.4, -0.2) is 48.2 Å². The Balaban J connectivity index is 1.64. The van der Waals surface area contributed by atoms with Crippen LogP contribution in [0.4, 0.5) is 17.5 Å². The predicted molar refractivity (Wildman–Crippen MR) is 97.3 cm³/mol. The molecule has 1 aliphatic carbocycles. The first-order chi connectivity index (χ1) is 12.0. The lowest BCUT2D eigenvalue weighted by molar-refractivity contribution is -0.122. The average molecular weight is 348 g/mol. The van der Waals surface area contributed by atoms with Crippen molar-refractivity contribution in [3.63, 3.8) is 0 Å². The number of primary amides is 1. The van der Waals surface area contributed by atoms with Crippen molar-refractivity contribution >= 4 is 23.4 Å². The molecule has 8 nitrogen and oxygen atoms in total. The number of amides is 1. The summed E-state index contributed by atoms with van der Waals surface area (Å²) >= 11 is 0. The molecule has 3 rings (SSSR count). The van der Waals surface area contributed by atoms with Gasteiger partial charge in [-0.25, -0.2) is 4.98 Å². The van der Waals surface area contributed by atoms with Gasteiger partial charge in [-0.15, -0.1) is 0 Å². The van der Waals surface area contributed by atoms with Crippen molar-refractivity contribution in [1.82, 2.24) is 9.97 Å². The van der Waals surface area contributed by atoms with Gasteiger partial charge in [-0.05, 0) is 38.5 Å². The van der Waals surface area contributed by atoms with Crippen LogP contribution in [0.5, 0.6) is 0 Å². The van der Waals surface area contributed by atoms with Gasteiger partial charge in [0.15, 0.2) is 5.82 Å². The second-order valence-electron chi connectivity index (χ2n) is 7.02. The molecule has 0 spiro atoms. The summed E-state index contributed by atoms with van der Waals surface area (Å²) in [6.45, 7) is 1.55. The van der Waals surface area contributed by atoms with E-state index in [1.807, 2.05) is 7.05 Å². The summed E-state index contributed by atoms with van der Waals surface area (Å²) in [4.78, 5) is 22.4. The lowest BCUT2D eigenvalue weighted by atomic mass is 9.85. The Morgan fingerprint density at radius 3 is 2.56 bits per heavy atom. The summed E-state index contributed by atoms with van der Waals surface area (Å²) in [5.41, 5.74) is 12.0. The third kappa shape index (κ3) is 4.31. The topological polar surface area (TPSA) is 119 Å². The van der Waals surface area contributed by atoms with Gasteiger partial charge in [0, 0.05) is 38.3 Å².